The van der Waals surface area contributed by atoms with Gasteiger partial charge in [0.1, 0.15) is 22.3 Å². The van der Waals surface area contributed by atoms with Crippen molar-refractivity contribution in [3.05, 3.63) is 51.7 Å². The predicted octanol–water partition coefficient (Wildman–Crippen LogP) is 3.57. The van der Waals surface area contributed by atoms with Crippen LogP contribution in [0.4, 0.5) is 0 Å². The number of rotatable bonds is 1. The van der Waals surface area contributed by atoms with Crippen molar-refractivity contribution in [1.29, 1.82) is 0 Å². The second-order valence-corrected chi connectivity index (χ2v) is 4.72. The van der Waals surface area contributed by atoms with E-state index in [0.29, 0.717) is 27.7 Å². The first-order valence-electron chi connectivity index (χ1n) is 6.12. The normalized spacial score (nSPS) is 11.1. The topological polar surface area (TPSA) is 39.4 Å². The van der Waals surface area contributed by atoms with E-state index in [9.17, 15) is 4.79 Å². The summed E-state index contributed by atoms with van der Waals surface area (Å²) in [6.45, 7) is 3.86. The first-order valence-corrected chi connectivity index (χ1v) is 6.12. The zero-order chi connectivity index (χ0) is 13.6. The highest BCUT2D eigenvalue weighted by Crippen LogP contribution is 2.28. The maximum Gasteiger partial charge on any atom is 0.204 e. The quantitative estimate of drug-likeness (QED) is 0.623. The van der Waals surface area contributed by atoms with E-state index in [1.807, 2.05) is 44.2 Å². The van der Waals surface area contributed by atoms with Gasteiger partial charge in [-0.05, 0) is 43.2 Å². The lowest BCUT2D eigenvalue weighted by Gasteiger charge is -2.08. The molecule has 1 aromatic heterocycles. The Kier molecular flexibility index (Phi) is 2.56. The van der Waals surface area contributed by atoms with Gasteiger partial charge in [0.05, 0.1) is 12.5 Å². The molecule has 0 spiro atoms. The van der Waals surface area contributed by atoms with Gasteiger partial charge in [-0.15, -0.1) is 0 Å². The van der Waals surface area contributed by atoms with E-state index < -0.39 is 0 Å². The molecule has 0 saturated carbocycles. The van der Waals surface area contributed by atoms with Crippen LogP contribution >= 0.6 is 0 Å². The predicted molar refractivity (Wildman–Crippen MR) is 76.0 cm³/mol. The summed E-state index contributed by atoms with van der Waals surface area (Å²) in [5.41, 5.74) is 3.06. The Bertz CT molecular complexity index is 844. The van der Waals surface area contributed by atoms with Crippen molar-refractivity contribution < 1.29 is 9.15 Å². The summed E-state index contributed by atoms with van der Waals surface area (Å²) in [6.07, 6.45) is 0. The number of ether oxygens (including phenoxy) is 1. The van der Waals surface area contributed by atoms with Crippen LogP contribution < -0.4 is 10.2 Å². The Labute approximate surface area is 110 Å². The standard InChI is InChI=1S/C16H14O3/c1-9-7-12(18-3)15-13(8-9)19-11-6-4-5-10(2)14(11)16(15)17/h4-8H,1-3H3. The lowest BCUT2D eigenvalue weighted by atomic mass is 10.1. The zero-order valence-corrected chi connectivity index (χ0v) is 11.1. The molecule has 2 aromatic carbocycles. The Morgan fingerprint density at radius 3 is 2.58 bits per heavy atom. The smallest absolute Gasteiger partial charge is 0.204 e. The fraction of sp³-hybridized carbons (Fsp3) is 0.188. The van der Waals surface area contributed by atoms with E-state index in [1.165, 1.54) is 0 Å². The summed E-state index contributed by atoms with van der Waals surface area (Å²) >= 11 is 0. The van der Waals surface area contributed by atoms with Crippen molar-refractivity contribution in [2.75, 3.05) is 7.11 Å². The molecule has 0 aliphatic rings. The summed E-state index contributed by atoms with van der Waals surface area (Å²) in [5, 5.41) is 1.13. The Morgan fingerprint density at radius 2 is 1.84 bits per heavy atom. The Hall–Kier alpha value is -2.29. The molecular weight excluding hydrogens is 240 g/mol. The average molecular weight is 254 g/mol. The third-order valence-corrected chi connectivity index (χ3v) is 3.34. The van der Waals surface area contributed by atoms with Crippen molar-refractivity contribution in [2.45, 2.75) is 13.8 Å². The first kappa shape index (κ1) is 11.8. The molecule has 96 valence electrons. The monoisotopic (exact) mass is 254 g/mol. The third-order valence-electron chi connectivity index (χ3n) is 3.34. The molecule has 1 heterocycles. The van der Waals surface area contributed by atoms with Crippen LogP contribution in [0.2, 0.25) is 0 Å². The maximum atomic E-state index is 12.7. The number of methoxy groups -OCH3 is 1. The molecule has 0 N–H and O–H groups in total. The van der Waals surface area contributed by atoms with Crippen LogP contribution in [-0.4, -0.2) is 7.11 Å². The molecule has 0 fully saturated rings. The molecule has 3 nitrogen and oxygen atoms in total. The molecule has 0 bridgehead atoms. The molecule has 0 radical (unpaired) electrons. The summed E-state index contributed by atoms with van der Waals surface area (Å²) in [7, 11) is 1.57. The lowest BCUT2D eigenvalue weighted by Crippen LogP contribution is -2.05. The van der Waals surface area contributed by atoms with Gasteiger partial charge in [0.25, 0.3) is 0 Å². The molecule has 0 atom stereocenters. The maximum absolute atomic E-state index is 12.7. The van der Waals surface area contributed by atoms with Crippen molar-refractivity contribution in [3.8, 4) is 5.75 Å². The molecule has 0 aliphatic carbocycles. The van der Waals surface area contributed by atoms with Crippen molar-refractivity contribution in [2.24, 2.45) is 0 Å². The molecule has 0 amide bonds. The highest BCUT2D eigenvalue weighted by molar-refractivity contribution is 5.94. The number of hydrogen-bond donors (Lipinski definition) is 0. The van der Waals surface area contributed by atoms with Gasteiger partial charge in [0, 0.05) is 0 Å². The summed E-state index contributed by atoms with van der Waals surface area (Å²) in [6, 6.07) is 9.33. The SMILES string of the molecule is COc1cc(C)cc2oc3cccc(C)c3c(=O)c12. The third kappa shape index (κ3) is 1.70. The van der Waals surface area contributed by atoms with Crippen molar-refractivity contribution in [3.63, 3.8) is 0 Å². The van der Waals surface area contributed by atoms with Crippen LogP contribution in [0.3, 0.4) is 0 Å². The highest BCUT2D eigenvalue weighted by Gasteiger charge is 2.14. The fourth-order valence-corrected chi connectivity index (χ4v) is 2.45. The van der Waals surface area contributed by atoms with E-state index in [0.717, 1.165) is 11.1 Å². The number of fused-ring (bicyclic) bond motifs is 2. The summed E-state index contributed by atoms with van der Waals surface area (Å²) in [4.78, 5) is 12.7. The van der Waals surface area contributed by atoms with E-state index in [2.05, 4.69) is 0 Å². The molecule has 0 unspecified atom stereocenters. The lowest BCUT2D eigenvalue weighted by molar-refractivity contribution is 0.418. The average Bonchev–Trinajstić information content (AvgIpc) is 2.37. The first-order chi connectivity index (χ1) is 9.11. The molecule has 3 heteroatoms. The molecule has 3 rings (SSSR count). The minimum atomic E-state index is -0.0359. The van der Waals surface area contributed by atoms with Gasteiger partial charge < -0.3 is 9.15 Å². The Balaban J connectivity index is 2.62. The van der Waals surface area contributed by atoms with Gasteiger partial charge >= 0.3 is 0 Å². The number of aryl methyl sites for hydroxylation is 2. The summed E-state index contributed by atoms with van der Waals surface area (Å²) in [5.74, 6) is 0.564. The molecular formula is C16H14O3. The number of hydrogen-bond acceptors (Lipinski definition) is 3. The van der Waals surface area contributed by atoms with Gasteiger partial charge in [-0.1, -0.05) is 12.1 Å². The second kappa shape index (κ2) is 4.12. The minimum Gasteiger partial charge on any atom is -0.496 e. The molecule has 3 aromatic rings. The van der Waals surface area contributed by atoms with Crippen molar-refractivity contribution in [1.82, 2.24) is 0 Å². The Morgan fingerprint density at radius 1 is 1.05 bits per heavy atom. The summed E-state index contributed by atoms with van der Waals surface area (Å²) < 4.78 is 11.2. The van der Waals surface area contributed by atoms with E-state index >= 15 is 0 Å². The van der Waals surface area contributed by atoms with Crippen LogP contribution in [0, 0.1) is 13.8 Å². The van der Waals surface area contributed by atoms with Gasteiger partial charge in [-0.2, -0.15) is 0 Å². The van der Waals surface area contributed by atoms with Crippen LogP contribution in [0.25, 0.3) is 21.9 Å². The van der Waals surface area contributed by atoms with Crippen LogP contribution in [0.5, 0.6) is 5.75 Å². The largest absolute Gasteiger partial charge is 0.496 e. The van der Waals surface area contributed by atoms with Gasteiger partial charge in [-0.3, -0.25) is 4.79 Å². The van der Waals surface area contributed by atoms with Gasteiger partial charge in [0.2, 0.25) is 5.43 Å². The minimum absolute atomic E-state index is 0.0359. The van der Waals surface area contributed by atoms with Crippen LogP contribution in [-0.2, 0) is 0 Å². The fourth-order valence-electron chi connectivity index (χ4n) is 2.45. The van der Waals surface area contributed by atoms with Gasteiger partial charge in [0.15, 0.2) is 0 Å². The number of benzene rings is 2. The molecule has 0 aliphatic heterocycles. The van der Waals surface area contributed by atoms with E-state index in [-0.39, 0.29) is 5.43 Å². The van der Waals surface area contributed by atoms with E-state index in [1.54, 1.807) is 7.11 Å². The van der Waals surface area contributed by atoms with Crippen molar-refractivity contribution >= 4 is 21.9 Å². The highest BCUT2D eigenvalue weighted by atomic mass is 16.5. The van der Waals surface area contributed by atoms with Crippen LogP contribution in [0.15, 0.2) is 39.5 Å². The van der Waals surface area contributed by atoms with Gasteiger partial charge in [-0.25, -0.2) is 0 Å². The van der Waals surface area contributed by atoms with E-state index in [4.69, 9.17) is 9.15 Å². The zero-order valence-electron chi connectivity index (χ0n) is 11.1. The molecule has 0 saturated heterocycles. The second-order valence-electron chi connectivity index (χ2n) is 4.72. The molecule has 19 heavy (non-hydrogen) atoms. The van der Waals surface area contributed by atoms with Crippen LogP contribution in [0.1, 0.15) is 11.1 Å².